The molecule has 2 rings (SSSR count). The first-order valence-corrected chi connectivity index (χ1v) is 9.02. The molecule has 0 radical (unpaired) electrons. The molecule has 0 spiro atoms. The van der Waals surface area contributed by atoms with Crippen molar-refractivity contribution in [1.82, 2.24) is 0 Å². The highest BCUT2D eigenvalue weighted by atomic mass is 16.1. The molecule has 0 bridgehead atoms. The lowest BCUT2D eigenvalue weighted by Gasteiger charge is -2.28. The van der Waals surface area contributed by atoms with Crippen LogP contribution in [0, 0.1) is 17.8 Å². The summed E-state index contributed by atoms with van der Waals surface area (Å²) in [6, 6.07) is 0. The lowest BCUT2D eigenvalue weighted by atomic mass is 9.78. The van der Waals surface area contributed by atoms with E-state index >= 15 is 0 Å². The normalized spacial score (nSPS) is 28.4. The van der Waals surface area contributed by atoms with Gasteiger partial charge < -0.3 is 5.73 Å². The summed E-state index contributed by atoms with van der Waals surface area (Å²) in [6.07, 6.45) is 19.0. The monoisotopic (exact) mass is 279 g/mol. The van der Waals surface area contributed by atoms with E-state index in [2.05, 4.69) is 0 Å². The molecule has 0 heterocycles. The van der Waals surface area contributed by atoms with E-state index in [1.165, 1.54) is 83.5 Å². The SMILES string of the molecule is NC(=O)CC1CCC(CCCCC2CCCCC2)CC1. The highest BCUT2D eigenvalue weighted by Crippen LogP contribution is 2.34. The Morgan fingerprint density at radius 2 is 1.25 bits per heavy atom. The molecule has 2 N–H and O–H groups in total. The van der Waals surface area contributed by atoms with Crippen LogP contribution in [-0.4, -0.2) is 5.91 Å². The summed E-state index contributed by atoms with van der Waals surface area (Å²) in [7, 11) is 0. The van der Waals surface area contributed by atoms with Gasteiger partial charge in [0.25, 0.3) is 0 Å². The predicted octanol–water partition coefficient (Wildman–Crippen LogP) is 4.81. The molecule has 2 saturated carbocycles. The molecule has 0 aromatic carbocycles. The van der Waals surface area contributed by atoms with Gasteiger partial charge in [0.1, 0.15) is 0 Å². The third-order valence-electron chi connectivity index (χ3n) is 5.66. The van der Waals surface area contributed by atoms with Crippen molar-refractivity contribution in [2.45, 2.75) is 89.9 Å². The van der Waals surface area contributed by atoms with E-state index < -0.39 is 0 Å². The Hall–Kier alpha value is -0.530. The molecular formula is C18H33NO. The first kappa shape index (κ1) is 15.9. The fraction of sp³-hybridized carbons (Fsp3) is 0.944. The van der Waals surface area contributed by atoms with Crippen LogP contribution < -0.4 is 5.73 Å². The van der Waals surface area contributed by atoms with Crippen LogP contribution in [0.15, 0.2) is 0 Å². The van der Waals surface area contributed by atoms with Crippen LogP contribution in [0.1, 0.15) is 89.9 Å². The minimum Gasteiger partial charge on any atom is -0.370 e. The van der Waals surface area contributed by atoms with Gasteiger partial charge in [-0.3, -0.25) is 4.79 Å². The van der Waals surface area contributed by atoms with Crippen molar-refractivity contribution < 1.29 is 4.79 Å². The van der Waals surface area contributed by atoms with Gasteiger partial charge in [-0.05, 0) is 30.6 Å². The van der Waals surface area contributed by atoms with Crippen LogP contribution in [0.2, 0.25) is 0 Å². The van der Waals surface area contributed by atoms with E-state index in [-0.39, 0.29) is 5.91 Å². The second-order valence-electron chi connectivity index (χ2n) is 7.35. The van der Waals surface area contributed by atoms with E-state index in [9.17, 15) is 4.79 Å². The number of carbonyl (C=O) groups is 1. The molecule has 0 aromatic heterocycles. The molecule has 0 aromatic rings. The molecule has 2 aliphatic rings. The summed E-state index contributed by atoms with van der Waals surface area (Å²) >= 11 is 0. The van der Waals surface area contributed by atoms with E-state index in [0.29, 0.717) is 12.3 Å². The number of unbranched alkanes of at least 4 members (excludes halogenated alkanes) is 1. The van der Waals surface area contributed by atoms with E-state index in [4.69, 9.17) is 5.73 Å². The van der Waals surface area contributed by atoms with Crippen LogP contribution >= 0.6 is 0 Å². The topological polar surface area (TPSA) is 43.1 Å². The van der Waals surface area contributed by atoms with Crippen LogP contribution in [-0.2, 0) is 4.79 Å². The number of primary amides is 1. The molecular weight excluding hydrogens is 246 g/mol. The molecule has 116 valence electrons. The van der Waals surface area contributed by atoms with Gasteiger partial charge in [-0.1, -0.05) is 70.6 Å². The summed E-state index contributed by atoms with van der Waals surface area (Å²) < 4.78 is 0. The molecule has 1 amide bonds. The Labute approximate surface area is 124 Å². The van der Waals surface area contributed by atoms with Gasteiger partial charge in [-0.25, -0.2) is 0 Å². The highest BCUT2D eigenvalue weighted by molar-refractivity contribution is 5.73. The molecule has 2 aliphatic carbocycles. The van der Waals surface area contributed by atoms with Crippen LogP contribution in [0.25, 0.3) is 0 Å². The van der Waals surface area contributed by atoms with Gasteiger partial charge in [-0.2, -0.15) is 0 Å². The van der Waals surface area contributed by atoms with Crippen LogP contribution in [0.3, 0.4) is 0 Å². The standard InChI is InChI=1S/C18H33NO/c19-18(20)14-17-12-10-16(11-13-17)9-5-4-8-15-6-2-1-3-7-15/h15-17H,1-14H2,(H2,19,20). The molecule has 2 nitrogen and oxygen atoms in total. The molecule has 2 heteroatoms. The summed E-state index contributed by atoms with van der Waals surface area (Å²) in [6.45, 7) is 0. The van der Waals surface area contributed by atoms with Crippen molar-refractivity contribution in [3.63, 3.8) is 0 Å². The van der Waals surface area contributed by atoms with Crippen molar-refractivity contribution in [2.75, 3.05) is 0 Å². The first-order valence-electron chi connectivity index (χ1n) is 9.02. The summed E-state index contributed by atoms with van der Waals surface area (Å²) in [5.41, 5.74) is 5.29. The highest BCUT2D eigenvalue weighted by Gasteiger charge is 2.22. The third kappa shape index (κ3) is 5.85. The van der Waals surface area contributed by atoms with E-state index in [1.54, 1.807) is 0 Å². The number of carbonyl (C=O) groups excluding carboxylic acids is 1. The number of hydrogen-bond donors (Lipinski definition) is 1. The molecule has 2 fully saturated rings. The maximum atomic E-state index is 10.9. The summed E-state index contributed by atoms with van der Waals surface area (Å²) in [5, 5.41) is 0. The number of hydrogen-bond acceptors (Lipinski definition) is 1. The lowest BCUT2D eigenvalue weighted by Crippen LogP contribution is -2.21. The number of rotatable bonds is 7. The Balaban J connectivity index is 1.49. The quantitative estimate of drug-likeness (QED) is 0.668. The second kappa shape index (κ2) is 8.69. The van der Waals surface area contributed by atoms with Crippen molar-refractivity contribution in [2.24, 2.45) is 23.5 Å². The summed E-state index contributed by atoms with van der Waals surface area (Å²) in [5.74, 6) is 2.47. The maximum absolute atomic E-state index is 10.9. The Morgan fingerprint density at radius 3 is 1.80 bits per heavy atom. The van der Waals surface area contributed by atoms with Crippen molar-refractivity contribution in [1.29, 1.82) is 0 Å². The average molecular weight is 279 g/mol. The van der Waals surface area contributed by atoms with Gasteiger partial charge in [-0.15, -0.1) is 0 Å². The molecule has 20 heavy (non-hydrogen) atoms. The summed E-state index contributed by atoms with van der Waals surface area (Å²) in [4.78, 5) is 10.9. The van der Waals surface area contributed by atoms with Crippen molar-refractivity contribution in [3.05, 3.63) is 0 Å². The Bertz CT molecular complexity index is 275. The smallest absolute Gasteiger partial charge is 0.217 e. The van der Waals surface area contributed by atoms with Crippen molar-refractivity contribution in [3.8, 4) is 0 Å². The lowest BCUT2D eigenvalue weighted by molar-refractivity contribution is -0.119. The van der Waals surface area contributed by atoms with E-state index in [0.717, 1.165) is 11.8 Å². The van der Waals surface area contributed by atoms with Crippen molar-refractivity contribution >= 4 is 5.91 Å². The fourth-order valence-electron chi connectivity index (χ4n) is 4.35. The van der Waals surface area contributed by atoms with Gasteiger partial charge in [0, 0.05) is 6.42 Å². The minimum absolute atomic E-state index is 0.110. The zero-order chi connectivity index (χ0) is 14.2. The van der Waals surface area contributed by atoms with Gasteiger partial charge >= 0.3 is 0 Å². The van der Waals surface area contributed by atoms with Gasteiger partial charge in [0.15, 0.2) is 0 Å². The largest absolute Gasteiger partial charge is 0.370 e. The van der Waals surface area contributed by atoms with Crippen LogP contribution in [0.5, 0.6) is 0 Å². The molecule has 0 aliphatic heterocycles. The maximum Gasteiger partial charge on any atom is 0.217 e. The molecule has 0 unspecified atom stereocenters. The number of amides is 1. The number of nitrogens with two attached hydrogens (primary N) is 1. The Morgan fingerprint density at radius 1 is 0.750 bits per heavy atom. The molecule has 0 saturated heterocycles. The predicted molar refractivity (Wildman–Crippen MR) is 84.3 cm³/mol. The third-order valence-corrected chi connectivity index (χ3v) is 5.66. The second-order valence-corrected chi connectivity index (χ2v) is 7.35. The zero-order valence-electron chi connectivity index (χ0n) is 13.1. The molecule has 0 atom stereocenters. The fourth-order valence-corrected chi connectivity index (χ4v) is 4.35. The Kier molecular flexibility index (Phi) is 6.89. The van der Waals surface area contributed by atoms with Gasteiger partial charge in [0.05, 0.1) is 0 Å². The van der Waals surface area contributed by atoms with Crippen LogP contribution in [0.4, 0.5) is 0 Å². The minimum atomic E-state index is -0.110. The average Bonchev–Trinajstić information content (AvgIpc) is 2.46. The van der Waals surface area contributed by atoms with Gasteiger partial charge in [0.2, 0.25) is 5.91 Å². The zero-order valence-corrected chi connectivity index (χ0v) is 13.1. The van der Waals surface area contributed by atoms with E-state index in [1.807, 2.05) is 0 Å². The first-order chi connectivity index (χ1) is 9.74.